The average molecular weight is 157 g/mol. The van der Waals surface area contributed by atoms with Crippen molar-refractivity contribution in [3.63, 3.8) is 0 Å². The Balaban J connectivity index is 3.03. The molecule has 1 nitrogen and oxygen atoms in total. The van der Waals surface area contributed by atoms with Gasteiger partial charge in [-0.25, -0.2) is 0 Å². The zero-order valence-electron chi connectivity index (χ0n) is 6.90. The van der Waals surface area contributed by atoms with Crippen molar-refractivity contribution in [3.8, 4) is 0 Å². The van der Waals surface area contributed by atoms with E-state index in [9.17, 15) is 0 Å². The summed E-state index contributed by atoms with van der Waals surface area (Å²) >= 11 is 0. The summed E-state index contributed by atoms with van der Waals surface area (Å²) in [7, 11) is 0. The lowest BCUT2D eigenvalue weighted by Gasteiger charge is -1.98. The first-order chi connectivity index (χ1) is 5.88. The molecule has 0 saturated carbocycles. The molecule has 0 fully saturated rings. The number of allylic oxidation sites excluding steroid dienone is 4. The quantitative estimate of drug-likeness (QED) is 0.615. The molecular weight excluding hydrogens is 146 g/mol. The third-order valence-corrected chi connectivity index (χ3v) is 1.53. The fourth-order valence-corrected chi connectivity index (χ4v) is 0.953. The van der Waals surface area contributed by atoms with Gasteiger partial charge in [0, 0.05) is 12.4 Å². The minimum atomic E-state index is 1.06. The van der Waals surface area contributed by atoms with Crippen molar-refractivity contribution in [2.45, 2.75) is 0 Å². The Hall–Kier alpha value is -1.63. The van der Waals surface area contributed by atoms with E-state index < -0.39 is 0 Å². The van der Waals surface area contributed by atoms with E-state index in [1.54, 1.807) is 24.5 Å². The van der Waals surface area contributed by atoms with Gasteiger partial charge in [-0.2, -0.15) is 0 Å². The lowest BCUT2D eigenvalue weighted by Crippen LogP contribution is -1.79. The Morgan fingerprint density at radius 2 is 1.92 bits per heavy atom. The maximum Gasteiger partial charge on any atom is 0.0273 e. The molecule has 0 amide bonds. The molecular formula is C11H11N. The molecule has 1 rings (SSSR count). The molecule has 0 atom stereocenters. The SMILES string of the molecule is C=C/C=C(\C=C)c1ccncc1. The van der Waals surface area contributed by atoms with E-state index in [0.29, 0.717) is 0 Å². The summed E-state index contributed by atoms with van der Waals surface area (Å²) in [5, 5.41) is 0. The first kappa shape index (κ1) is 8.47. The van der Waals surface area contributed by atoms with Gasteiger partial charge in [0.15, 0.2) is 0 Å². The van der Waals surface area contributed by atoms with Crippen molar-refractivity contribution < 1.29 is 0 Å². The Labute approximate surface area is 72.8 Å². The van der Waals surface area contributed by atoms with E-state index >= 15 is 0 Å². The van der Waals surface area contributed by atoms with Gasteiger partial charge in [0.25, 0.3) is 0 Å². The maximum atomic E-state index is 3.93. The third kappa shape index (κ3) is 1.92. The maximum absolute atomic E-state index is 3.93. The molecule has 0 radical (unpaired) electrons. The predicted molar refractivity (Wildman–Crippen MR) is 52.6 cm³/mol. The van der Waals surface area contributed by atoms with Crippen LogP contribution in [-0.2, 0) is 0 Å². The highest BCUT2D eigenvalue weighted by Gasteiger charge is 1.92. The van der Waals surface area contributed by atoms with Gasteiger partial charge < -0.3 is 0 Å². The molecule has 0 aliphatic heterocycles. The van der Waals surface area contributed by atoms with Crippen LogP contribution in [-0.4, -0.2) is 4.98 Å². The van der Waals surface area contributed by atoms with E-state index in [0.717, 1.165) is 11.1 Å². The fourth-order valence-electron chi connectivity index (χ4n) is 0.953. The van der Waals surface area contributed by atoms with E-state index in [4.69, 9.17) is 0 Å². The number of aromatic nitrogens is 1. The number of rotatable bonds is 3. The number of hydrogen-bond acceptors (Lipinski definition) is 1. The van der Waals surface area contributed by atoms with Gasteiger partial charge in [0.1, 0.15) is 0 Å². The molecule has 0 aromatic carbocycles. The summed E-state index contributed by atoms with van der Waals surface area (Å²) in [5.74, 6) is 0. The molecule has 0 aliphatic rings. The van der Waals surface area contributed by atoms with Crippen molar-refractivity contribution in [2.75, 3.05) is 0 Å². The van der Waals surface area contributed by atoms with Crippen LogP contribution in [0.5, 0.6) is 0 Å². The second kappa shape index (κ2) is 4.29. The normalized spacial score (nSPS) is 10.8. The van der Waals surface area contributed by atoms with Crippen LogP contribution in [0.2, 0.25) is 0 Å². The Morgan fingerprint density at radius 3 is 2.42 bits per heavy atom. The molecule has 0 saturated heterocycles. The molecule has 12 heavy (non-hydrogen) atoms. The Bertz CT molecular complexity index is 296. The van der Waals surface area contributed by atoms with Crippen molar-refractivity contribution >= 4 is 5.57 Å². The van der Waals surface area contributed by atoms with Gasteiger partial charge >= 0.3 is 0 Å². The van der Waals surface area contributed by atoms with Gasteiger partial charge in [-0.3, -0.25) is 4.98 Å². The van der Waals surface area contributed by atoms with Crippen LogP contribution in [0.1, 0.15) is 5.56 Å². The van der Waals surface area contributed by atoms with E-state index in [1.807, 2.05) is 18.2 Å². The molecule has 0 spiro atoms. The minimum Gasteiger partial charge on any atom is -0.265 e. The summed E-state index contributed by atoms with van der Waals surface area (Å²) in [5.41, 5.74) is 2.17. The number of nitrogens with zero attached hydrogens (tertiary/aromatic N) is 1. The summed E-state index contributed by atoms with van der Waals surface area (Å²) in [6.45, 7) is 7.35. The highest BCUT2D eigenvalue weighted by molar-refractivity contribution is 5.74. The average Bonchev–Trinajstić information content (AvgIpc) is 2.15. The first-order valence-electron chi connectivity index (χ1n) is 3.74. The van der Waals surface area contributed by atoms with Crippen molar-refractivity contribution in [1.29, 1.82) is 0 Å². The summed E-state index contributed by atoms with van der Waals surface area (Å²) in [6, 6.07) is 3.88. The molecule has 60 valence electrons. The summed E-state index contributed by atoms with van der Waals surface area (Å²) < 4.78 is 0. The van der Waals surface area contributed by atoms with Gasteiger partial charge in [-0.15, -0.1) is 0 Å². The Kier molecular flexibility index (Phi) is 3.03. The topological polar surface area (TPSA) is 12.9 Å². The van der Waals surface area contributed by atoms with Gasteiger partial charge in [0.05, 0.1) is 0 Å². The highest BCUT2D eigenvalue weighted by Crippen LogP contribution is 2.13. The van der Waals surface area contributed by atoms with Crippen LogP contribution >= 0.6 is 0 Å². The summed E-state index contributed by atoms with van der Waals surface area (Å²) in [4.78, 5) is 3.93. The lowest BCUT2D eigenvalue weighted by atomic mass is 10.1. The van der Waals surface area contributed by atoms with Crippen LogP contribution in [0, 0.1) is 0 Å². The lowest BCUT2D eigenvalue weighted by molar-refractivity contribution is 1.32. The standard InChI is InChI=1S/C11H11N/c1-3-5-10(4-2)11-6-8-12-9-7-11/h3-9H,1-2H2/b10-5+. The highest BCUT2D eigenvalue weighted by atomic mass is 14.6. The molecule has 0 bridgehead atoms. The Morgan fingerprint density at radius 1 is 1.25 bits per heavy atom. The van der Waals surface area contributed by atoms with Gasteiger partial charge in [-0.1, -0.05) is 31.4 Å². The van der Waals surface area contributed by atoms with Crippen LogP contribution < -0.4 is 0 Å². The fraction of sp³-hybridized carbons (Fsp3) is 0. The largest absolute Gasteiger partial charge is 0.265 e. The van der Waals surface area contributed by atoms with Gasteiger partial charge in [-0.05, 0) is 23.3 Å². The van der Waals surface area contributed by atoms with E-state index in [2.05, 4.69) is 18.1 Å². The van der Waals surface area contributed by atoms with Crippen LogP contribution in [0.4, 0.5) is 0 Å². The second-order valence-corrected chi connectivity index (χ2v) is 2.30. The number of pyridine rings is 1. The molecule has 1 heteroatoms. The van der Waals surface area contributed by atoms with Crippen LogP contribution in [0.25, 0.3) is 5.57 Å². The molecule has 1 heterocycles. The minimum absolute atomic E-state index is 1.06. The third-order valence-electron chi connectivity index (χ3n) is 1.53. The van der Waals surface area contributed by atoms with Gasteiger partial charge in [0.2, 0.25) is 0 Å². The summed E-state index contributed by atoms with van der Waals surface area (Å²) in [6.07, 6.45) is 8.99. The monoisotopic (exact) mass is 157 g/mol. The smallest absolute Gasteiger partial charge is 0.0273 e. The van der Waals surface area contributed by atoms with Crippen molar-refractivity contribution in [3.05, 3.63) is 61.5 Å². The first-order valence-corrected chi connectivity index (χ1v) is 3.74. The molecule has 1 aromatic heterocycles. The molecule has 0 N–H and O–H groups in total. The zero-order valence-corrected chi connectivity index (χ0v) is 6.90. The number of hydrogen-bond donors (Lipinski definition) is 0. The predicted octanol–water partition coefficient (Wildman–Crippen LogP) is 2.84. The van der Waals surface area contributed by atoms with E-state index in [1.165, 1.54) is 0 Å². The molecule has 0 aliphatic carbocycles. The van der Waals surface area contributed by atoms with Crippen molar-refractivity contribution in [2.24, 2.45) is 0 Å². The van der Waals surface area contributed by atoms with Crippen LogP contribution in [0.3, 0.4) is 0 Å². The van der Waals surface area contributed by atoms with Crippen molar-refractivity contribution in [1.82, 2.24) is 4.98 Å². The zero-order chi connectivity index (χ0) is 8.81. The van der Waals surface area contributed by atoms with E-state index in [-0.39, 0.29) is 0 Å². The molecule has 0 unspecified atom stereocenters. The van der Waals surface area contributed by atoms with Crippen LogP contribution in [0.15, 0.2) is 55.9 Å². The molecule has 1 aromatic rings. The second-order valence-electron chi connectivity index (χ2n) is 2.30.